The molecule has 0 saturated carbocycles. The SMILES string of the molecule is CCOc1cc(Cl)c(C(N)c2ccc(C)c(Cl)c2)cc1Cl. The van der Waals surface area contributed by atoms with Crippen molar-refractivity contribution in [3.05, 3.63) is 62.1 Å². The third-order valence-electron chi connectivity index (χ3n) is 3.24. The number of halogens is 3. The lowest BCUT2D eigenvalue weighted by atomic mass is 9.98. The average molecular weight is 345 g/mol. The number of hydrogen-bond acceptors (Lipinski definition) is 2. The zero-order valence-corrected chi connectivity index (χ0v) is 14.1. The van der Waals surface area contributed by atoms with E-state index in [4.69, 9.17) is 45.3 Å². The average Bonchev–Trinajstić information content (AvgIpc) is 2.45. The predicted molar refractivity (Wildman–Crippen MR) is 89.9 cm³/mol. The summed E-state index contributed by atoms with van der Waals surface area (Å²) in [6, 6.07) is 8.76. The molecule has 0 aliphatic carbocycles. The van der Waals surface area contributed by atoms with Gasteiger partial charge >= 0.3 is 0 Å². The Labute approximate surface area is 139 Å². The lowest BCUT2D eigenvalue weighted by molar-refractivity contribution is 0.340. The molecule has 0 bridgehead atoms. The molecular formula is C16H16Cl3NO. The standard InChI is InChI=1S/C16H16Cl3NO/c1-3-21-15-8-13(18)11(7-14(15)19)16(20)10-5-4-9(2)12(17)6-10/h4-8,16H,3,20H2,1-2H3. The molecule has 2 aromatic carbocycles. The Morgan fingerprint density at radius 2 is 1.76 bits per heavy atom. The maximum atomic E-state index is 6.30. The van der Waals surface area contributed by atoms with Crippen molar-refractivity contribution in [1.82, 2.24) is 0 Å². The number of aryl methyl sites for hydroxylation is 1. The van der Waals surface area contributed by atoms with Crippen molar-refractivity contribution in [3.8, 4) is 5.75 Å². The van der Waals surface area contributed by atoms with E-state index in [2.05, 4.69) is 0 Å². The van der Waals surface area contributed by atoms with Gasteiger partial charge in [0.1, 0.15) is 5.75 Å². The molecule has 112 valence electrons. The van der Waals surface area contributed by atoms with Crippen LogP contribution in [0.5, 0.6) is 5.75 Å². The molecule has 0 amide bonds. The van der Waals surface area contributed by atoms with Crippen LogP contribution >= 0.6 is 34.8 Å². The van der Waals surface area contributed by atoms with E-state index in [0.29, 0.717) is 27.4 Å². The molecule has 0 aromatic heterocycles. The molecule has 0 aliphatic rings. The molecule has 0 fully saturated rings. The Morgan fingerprint density at radius 1 is 1.05 bits per heavy atom. The maximum Gasteiger partial charge on any atom is 0.139 e. The van der Waals surface area contributed by atoms with E-state index >= 15 is 0 Å². The number of nitrogens with two attached hydrogens (primary N) is 1. The first kappa shape index (κ1) is 16.4. The van der Waals surface area contributed by atoms with E-state index < -0.39 is 6.04 Å². The fraction of sp³-hybridized carbons (Fsp3) is 0.250. The topological polar surface area (TPSA) is 35.2 Å². The van der Waals surface area contributed by atoms with Crippen molar-refractivity contribution in [2.45, 2.75) is 19.9 Å². The second-order valence-corrected chi connectivity index (χ2v) is 5.95. The summed E-state index contributed by atoms with van der Waals surface area (Å²) >= 11 is 18.7. The molecule has 2 nitrogen and oxygen atoms in total. The van der Waals surface area contributed by atoms with Gasteiger partial charge in [0.2, 0.25) is 0 Å². The van der Waals surface area contributed by atoms with E-state index in [-0.39, 0.29) is 0 Å². The number of hydrogen-bond donors (Lipinski definition) is 1. The normalized spacial score (nSPS) is 12.3. The van der Waals surface area contributed by atoms with Gasteiger partial charge in [-0.25, -0.2) is 0 Å². The molecular weight excluding hydrogens is 329 g/mol. The van der Waals surface area contributed by atoms with Gasteiger partial charge in [0.05, 0.1) is 17.7 Å². The number of rotatable bonds is 4. The number of benzene rings is 2. The Bertz CT molecular complexity index is 658. The zero-order chi connectivity index (χ0) is 15.6. The highest BCUT2D eigenvalue weighted by Gasteiger charge is 2.16. The summed E-state index contributed by atoms with van der Waals surface area (Å²) in [4.78, 5) is 0. The van der Waals surface area contributed by atoms with Crippen LogP contribution < -0.4 is 10.5 Å². The second kappa shape index (κ2) is 6.89. The van der Waals surface area contributed by atoms with E-state index in [9.17, 15) is 0 Å². The van der Waals surface area contributed by atoms with Crippen molar-refractivity contribution in [1.29, 1.82) is 0 Å². The molecule has 0 saturated heterocycles. The van der Waals surface area contributed by atoms with Crippen LogP contribution in [-0.2, 0) is 0 Å². The van der Waals surface area contributed by atoms with Crippen molar-refractivity contribution >= 4 is 34.8 Å². The minimum absolute atomic E-state index is 0.399. The van der Waals surface area contributed by atoms with Crippen molar-refractivity contribution in [2.24, 2.45) is 5.73 Å². The summed E-state index contributed by atoms with van der Waals surface area (Å²) in [7, 11) is 0. The molecule has 0 aliphatic heterocycles. The summed E-state index contributed by atoms with van der Waals surface area (Å²) in [5.41, 5.74) is 8.91. The van der Waals surface area contributed by atoms with Crippen molar-refractivity contribution in [2.75, 3.05) is 6.61 Å². The maximum absolute atomic E-state index is 6.30. The molecule has 0 heterocycles. The van der Waals surface area contributed by atoms with Crippen LogP contribution in [0.4, 0.5) is 0 Å². The van der Waals surface area contributed by atoms with Gasteiger partial charge in [0.25, 0.3) is 0 Å². The summed E-state index contributed by atoms with van der Waals surface area (Å²) in [6.45, 7) is 4.35. The van der Waals surface area contributed by atoms with Crippen LogP contribution in [0.1, 0.15) is 29.7 Å². The molecule has 0 spiro atoms. The highest BCUT2D eigenvalue weighted by atomic mass is 35.5. The summed E-state index contributed by atoms with van der Waals surface area (Å²) in [6.07, 6.45) is 0. The zero-order valence-electron chi connectivity index (χ0n) is 11.8. The van der Waals surface area contributed by atoms with E-state index in [0.717, 1.165) is 16.7 Å². The van der Waals surface area contributed by atoms with Gasteiger partial charge in [-0.1, -0.05) is 46.9 Å². The van der Waals surface area contributed by atoms with Gasteiger partial charge in [-0.05, 0) is 42.7 Å². The molecule has 0 radical (unpaired) electrons. The molecule has 2 rings (SSSR count). The van der Waals surface area contributed by atoms with Crippen LogP contribution in [0, 0.1) is 6.92 Å². The van der Waals surface area contributed by atoms with Gasteiger partial charge < -0.3 is 10.5 Å². The van der Waals surface area contributed by atoms with Crippen LogP contribution in [0.25, 0.3) is 0 Å². The first-order valence-corrected chi connectivity index (χ1v) is 7.70. The summed E-state index contributed by atoms with van der Waals surface area (Å²) in [5.74, 6) is 0.557. The minimum Gasteiger partial charge on any atom is -0.492 e. The first-order valence-electron chi connectivity index (χ1n) is 6.57. The van der Waals surface area contributed by atoms with E-state index in [1.54, 1.807) is 12.1 Å². The van der Waals surface area contributed by atoms with Gasteiger partial charge in [-0.15, -0.1) is 0 Å². The van der Waals surface area contributed by atoms with Gasteiger partial charge in [-0.2, -0.15) is 0 Å². The predicted octanol–water partition coefficient (Wildman–Crippen LogP) is 5.40. The quantitative estimate of drug-likeness (QED) is 0.805. The highest BCUT2D eigenvalue weighted by molar-refractivity contribution is 6.35. The molecule has 5 heteroatoms. The largest absolute Gasteiger partial charge is 0.492 e. The minimum atomic E-state index is -0.399. The Hall–Kier alpha value is -0.930. The van der Waals surface area contributed by atoms with Gasteiger partial charge in [0, 0.05) is 16.1 Å². The highest BCUT2D eigenvalue weighted by Crippen LogP contribution is 2.36. The van der Waals surface area contributed by atoms with Crippen LogP contribution in [0.2, 0.25) is 15.1 Å². The van der Waals surface area contributed by atoms with E-state index in [1.165, 1.54) is 0 Å². The van der Waals surface area contributed by atoms with Crippen molar-refractivity contribution < 1.29 is 4.74 Å². The molecule has 1 unspecified atom stereocenters. The summed E-state index contributed by atoms with van der Waals surface area (Å²) in [5, 5.41) is 1.69. The lowest BCUT2D eigenvalue weighted by Gasteiger charge is -2.17. The van der Waals surface area contributed by atoms with E-state index in [1.807, 2.05) is 32.0 Å². The third-order valence-corrected chi connectivity index (χ3v) is 4.27. The first-order chi connectivity index (χ1) is 9.93. The Balaban J connectivity index is 2.40. The van der Waals surface area contributed by atoms with Crippen molar-refractivity contribution in [3.63, 3.8) is 0 Å². The molecule has 1 atom stereocenters. The Morgan fingerprint density at radius 3 is 2.38 bits per heavy atom. The Kier molecular flexibility index (Phi) is 5.39. The van der Waals surface area contributed by atoms with Crippen LogP contribution in [0.3, 0.4) is 0 Å². The van der Waals surface area contributed by atoms with Gasteiger partial charge in [0.15, 0.2) is 0 Å². The third kappa shape index (κ3) is 3.64. The van der Waals surface area contributed by atoms with Crippen LogP contribution in [-0.4, -0.2) is 6.61 Å². The molecule has 2 aromatic rings. The monoisotopic (exact) mass is 343 g/mol. The molecule has 21 heavy (non-hydrogen) atoms. The molecule has 2 N–H and O–H groups in total. The summed E-state index contributed by atoms with van der Waals surface area (Å²) < 4.78 is 5.41. The van der Waals surface area contributed by atoms with Crippen LogP contribution in [0.15, 0.2) is 30.3 Å². The number of ether oxygens (including phenoxy) is 1. The lowest BCUT2D eigenvalue weighted by Crippen LogP contribution is -2.13. The smallest absolute Gasteiger partial charge is 0.139 e. The fourth-order valence-corrected chi connectivity index (χ4v) is 2.72. The van der Waals surface area contributed by atoms with Gasteiger partial charge in [-0.3, -0.25) is 0 Å². The second-order valence-electron chi connectivity index (χ2n) is 4.72. The fourth-order valence-electron chi connectivity index (χ4n) is 2.03.